The Bertz CT molecular complexity index is 857. The number of hydrogen-bond donors (Lipinski definition) is 1. The van der Waals surface area contributed by atoms with Gasteiger partial charge in [-0.3, -0.25) is 0 Å². The Hall–Kier alpha value is -2.49. The average Bonchev–Trinajstić information content (AvgIpc) is 2.60. The smallest absolute Gasteiger partial charge is 0.341 e. The van der Waals surface area contributed by atoms with Crippen molar-refractivity contribution in [3.63, 3.8) is 0 Å². The molecule has 2 aromatic carbocycles. The number of allylic oxidation sites excluding steroid dienone is 1. The van der Waals surface area contributed by atoms with Crippen molar-refractivity contribution in [1.82, 2.24) is 0 Å². The Labute approximate surface area is 158 Å². The van der Waals surface area contributed by atoms with E-state index in [2.05, 4.69) is 22.0 Å². The van der Waals surface area contributed by atoms with E-state index >= 15 is 0 Å². The quantitative estimate of drug-likeness (QED) is 0.542. The first kappa shape index (κ1) is 18.8. The van der Waals surface area contributed by atoms with Crippen molar-refractivity contribution in [3.05, 3.63) is 57.0 Å². The Morgan fingerprint density at radius 1 is 1.32 bits per heavy atom. The van der Waals surface area contributed by atoms with Gasteiger partial charge >= 0.3 is 5.97 Å². The summed E-state index contributed by atoms with van der Waals surface area (Å²) >= 11 is 9.27. The van der Waals surface area contributed by atoms with Gasteiger partial charge in [-0.15, -0.1) is 0 Å². The van der Waals surface area contributed by atoms with Crippen LogP contribution in [0.2, 0.25) is 5.02 Å². The number of nitrogens with zero attached hydrogens (tertiary/aromatic N) is 1. The van der Waals surface area contributed by atoms with Gasteiger partial charge in [-0.1, -0.05) is 39.7 Å². The van der Waals surface area contributed by atoms with Gasteiger partial charge < -0.3 is 14.6 Å². The van der Waals surface area contributed by atoms with Crippen molar-refractivity contribution in [3.8, 4) is 17.6 Å². The predicted octanol–water partition coefficient (Wildman–Crippen LogP) is 4.64. The highest BCUT2D eigenvalue weighted by Gasteiger charge is 2.12. The molecule has 5 nitrogen and oxygen atoms in total. The van der Waals surface area contributed by atoms with Gasteiger partial charge in [0.05, 0.1) is 18.8 Å². The maximum atomic E-state index is 10.7. The van der Waals surface area contributed by atoms with Crippen LogP contribution in [0.15, 0.2) is 40.9 Å². The van der Waals surface area contributed by atoms with Crippen LogP contribution in [0, 0.1) is 11.3 Å². The number of halogens is 2. The third-order valence-electron chi connectivity index (χ3n) is 3.21. The fraction of sp³-hybridized carbons (Fsp3) is 0.111. The topological polar surface area (TPSA) is 79.5 Å². The fourth-order valence-electron chi connectivity index (χ4n) is 2.04. The molecule has 1 N–H and O–H groups in total. The van der Waals surface area contributed by atoms with E-state index in [4.69, 9.17) is 26.2 Å². The van der Waals surface area contributed by atoms with Gasteiger partial charge in [0.15, 0.2) is 18.1 Å². The van der Waals surface area contributed by atoms with Crippen LogP contribution in [-0.4, -0.2) is 24.8 Å². The summed E-state index contributed by atoms with van der Waals surface area (Å²) in [6.07, 6.45) is 1.69. The number of benzene rings is 2. The van der Waals surface area contributed by atoms with Crippen LogP contribution in [0.5, 0.6) is 11.5 Å². The van der Waals surface area contributed by atoms with E-state index < -0.39 is 12.6 Å². The molecule has 0 radical (unpaired) electrons. The number of rotatable bonds is 6. The van der Waals surface area contributed by atoms with E-state index in [1.807, 2.05) is 0 Å². The second-order valence-electron chi connectivity index (χ2n) is 4.88. The summed E-state index contributed by atoms with van der Waals surface area (Å²) in [5, 5.41) is 18.8. The number of methoxy groups -OCH3 is 1. The molecule has 2 rings (SSSR count). The minimum atomic E-state index is -1.09. The van der Waals surface area contributed by atoms with Crippen molar-refractivity contribution in [2.75, 3.05) is 13.7 Å². The largest absolute Gasteiger partial charge is 0.493 e. The first-order chi connectivity index (χ1) is 11.9. The van der Waals surface area contributed by atoms with Gasteiger partial charge in [-0.2, -0.15) is 5.26 Å². The Morgan fingerprint density at radius 2 is 2.00 bits per heavy atom. The molecule has 0 amide bonds. The highest BCUT2D eigenvalue weighted by molar-refractivity contribution is 9.10. The molecule has 25 heavy (non-hydrogen) atoms. The lowest BCUT2D eigenvalue weighted by atomic mass is 10.0. The van der Waals surface area contributed by atoms with Crippen LogP contribution in [0.3, 0.4) is 0 Å². The molecule has 0 atom stereocenters. The molecule has 0 unspecified atom stereocenters. The lowest BCUT2D eigenvalue weighted by Gasteiger charge is -2.12. The van der Waals surface area contributed by atoms with E-state index in [0.29, 0.717) is 32.1 Å². The summed E-state index contributed by atoms with van der Waals surface area (Å²) < 4.78 is 11.1. The third kappa shape index (κ3) is 4.99. The molecule has 0 saturated heterocycles. The molecule has 0 aliphatic carbocycles. The number of carboxylic acids is 1. The van der Waals surface area contributed by atoms with Gasteiger partial charge in [-0.25, -0.2) is 4.79 Å². The molecule has 7 heteroatoms. The van der Waals surface area contributed by atoms with Crippen LogP contribution >= 0.6 is 27.5 Å². The zero-order chi connectivity index (χ0) is 18.4. The highest BCUT2D eigenvalue weighted by atomic mass is 79.9. The van der Waals surface area contributed by atoms with Crippen LogP contribution in [-0.2, 0) is 4.79 Å². The predicted molar refractivity (Wildman–Crippen MR) is 98.8 cm³/mol. The molecule has 0 spiro atoms. The molecule has 0 heterocycles. The summed E-state index contributed by atoms with van der Waals surface area (Å²) in [7, 11) is 1.45. The standard InChI is InChI=1S/C18H13BrClNO4/c1-24-16-7-12(15(19)8-17(16)25-10-18(22)23)6-13(9-21)11-2-4-14(20)5-3-11/h2-8H,10H2,1H3,(H,22,23)/b13-6+. The number of ether oxygens (including phenoxy) is 2. The maximum absolute atomic E-state index is 10.7. The third-order valence-corrected chi connectivity index (χ3v) is 4.15. The molecule has 0 aliphatic heterocycles. The van der Waals surface area contributed by atoms with E-state index in [9.17, 15) is 10.1 Å². The van der Waals surface area contributed by atoms with Crippen molar-refractivity contribution < 1.29 is 19.4 Å². The van der Waals surface area contributed by atoms with Crippen molar-refractivity contribution >= 4 is 45.1 Å². The molecule has 128 valence electrons. The number of nitriles is 1. The molecule has 0 fully saturated rings. The number of carboxylic acid groups (broad SMARTS) is 1. The van der Waals surface area contributed by atoms with Crippen LogP contribution in [0.1, 0.15) is 11.1 Å². The van der Waals surface area contributed by atoms with Gasteiger partial charge in [0.1, 0.15) is 0 Å². The average molecular weight is 423 g/mol. The van der Waals surface area contributed by atoms with Crippen LogP contribution in [0.25, 0.3) is 11.6 Å². The maximum Gasteiger partial charge on any atom is 0.341 e. The fourth-order valence-corrected chi connectivity index (χ4v) is 2.60. The van der Waals surface area contributed by atoms with Crippen molar-refractivity contribution in [2.45, 2.75) is 0 Å². The summed E-state index contributed by atoms with van der Waals surface area (Å²) in [5.74, 6) is -0.431. The molecule has 0 bridgehead atoms. The molecule has 0 aliphatic rings. The van der Waals surface area contributed by atoms with Crippen molar-refractivity contribution in [1.29, 1.82) is 5.26 Å². The molecular formula is C18H13BrClNO4. The number of aliphatic carboxylic acids is 1. The van der Waals surface area contributed by atoms with Crippen LogP contribution in [0.4, 0.5) is 0 Å². The summed E-state index contributed by atoms with van der Waals surface area (Å²) in [5.41, 5.74) is 1.86. The highest BCUT2D eigenvalue weighted by Crippen LogP contribution is 2.35. The lowest BCUT2D eigenvalue weighted by Crippen LogP contribution is -2.10. The molecule has 2 aromatic rings. The molecule has 0 aromatic heterocycles. The van der Waals surface area contributed by atoms with Gasteiger partial charge in [-0.05, 0) is 41.5 Å². The zero-order valence-corrected chi connectivity index (χ0v) is 15.5. The van der Waals surface area contributed by atoms with E-state index in [1.54, 1.807) is 42.5 Å². The second kappa shape index (κ2) is 8.56. The minimum Gasteiger partial charge on any atom is -0.493 e. The lowest BCUT2D eigenvalue weighted by molar-refractivity contribution is -0.139. The first-order valence-electron chi connectivity index (χ1n) is 7.04. The van der Waals surface area contributed by atoms with Crippen LogP contribution < -0.4 is 9.47 Å². The van der Waals surface area contributed by atoms with E-state index in [1.165, 1.54) is 7.11 Å². The Morgan fingerprint density at radius 3 is 2.56 bits per heavy atom. The zero-order valence-electron chi connectivity index (χ0n) is 13.1. The Balaban J connectivity index is 2.42. The van der Waals surface area contributed by atoms with Gasteiger partial charge in [0.2, 0.25) is 0 Å². The first-order valence-corrected chi connectivity index (χ1v) is 8.21. The number of carbonyl (C=O) groups is 1. The normalized spacial score (nSPS) is 10.9. The number of hydrogen-bond acceptors (Lipinski definition) is 4. The summed E-state index contributed by atoms with van der Waals surface area (Å²) in [6.45, 7) is -0.480. The monoisotopic (exact) mass is 421 g/mol. The van der Waals surface area contributed by atoms with Gasteiger partial charge in [0.25, 0.3) is 0 Å². The minimum absolute atomic E-state index is 0.291. The SMILES string of the molecule is COc1cc(/C=C(\C#N)c2ccc(Cl)cc2)c(Br)cc1OCC(=O)O. The van der Waals surface area contributed by atoms with E-state index in [-0.39, 0.29) is 0 Å². The Kier molecular flexibility index (Phi) is 6.45. The molecule has 0 saturated carbocycles. The summed E-state index contributed by atoms with van der Waals surface area (Å²) in [4.78, 5) is 10.7. The summed E-state index contributed by atoms with van der Waals surface area (Å²) in [6, 6.07) is 12.3. The second-order valence-corrected chi connectivity index (χ2v) is 6.17. The molecular weight excluding hydrogens is 410 g/mol. The van der Waals surface area contributed by atoms with Gasteiger partial charge in [0, 0.05) is 9.50 Å². The van der Waals surface area contributed by atoms with E-state index in [0.717, 1.165) is 5.56 Å². The van der Waals surface area contributed by atoms with Crippen molar-refractivity contribution in [2.24, 2.45) is 0 Å².